The van der Waals surface area contributed by atoms with E-state index in [9.17, 15) is 9.59 Å². The number of piperidine rings is 1. The summed E-state index contributed by atoms with van der Waals surface area (Å²) < 4.78 is 11.8. The zero-order chi connectivity index (χ0) is 19.9. The molecular formula is C22H28N2O4. The second kappa shape index (κ2) is 7.24. The first-order valence-corrected chi connectivity index (χ1v) is 10.0. The summed E-state index contributed by atoms with van der Waals surface area (Å²) in [5, 5.41) is 3.92. The van der Waals surface area contributed by atoms with Gasteiger partial charge in [0, 0.05) is 30.6 Å². The molecule has 6 nitrogen and oxygen atoms in total. The van der Waals surface area contributed by atoms with Gasteiger partial charge < -0.3 is 19.4 Å². The Hall–Kier alpha value is -2.34. The third-order valence-corrected chi connectivity index (χ3v) is 6.31. The average Bonchev–Trinajstić information content (AvgIpc) is 2.99. The summed E-state index contributed by atoms with van der Waals surface area (Å²) in [5.74, 6) is 0.150. The molecule has 2 saturated heterocycles. The lowest BCUT2D eigenvalue weighted by Crippen LogP contribution is -2.49. The maximum atomic E-state index is 12.9. The van der Waals surface area contributed by atoms with Crippen molar-refractivity contribution >= 4 is 22.8 Å². The van der Waals surface area contributed by atoms with Crippen LogP contribution in [0, 0.1) is 20.8 Å². The number of benzene rings is 1. The molecule has 1 N–H and O–H groups in total. The van der Waals surface area contributed by atoms with E-state index < -0.39 is 5.60 Å². The van der Waals surface area contributed by atoms with Gasteiger partial charge in [0.1, 0.15) is 5.58 Å². The summed E-state index contributed by atoms with van der Waals surface area (Å²) in [6.45, 7) is 8.55. The Morgan fingerprint density at radius 1 is 1.21 bits per heavy atom. The maximum Gasteiger partial charge on any atom is 0.227 e. The Morgan fingerprint density at radius 3 is 2.71 bits per heavy atom. The molecule has 1 spiro atoms. The monoisotopic (exact) mass is 384 g/mol. The van der Waals surface area contributed by atoms with Crippen molar-refractivity contribution in [2.75, 3.05) is 26.2 Å². The van der Waals surface area contributed by atoms with Crippen LogP contribution in [0.4, 0.5) is 0 Å². The van der Waals surface area contributed by atoms with Gasteiger partial charge in [0.25, 0.3) is 0 Å². The molecular weight excluding hydrogens is 356 g/mol. The molecule has 2 fully saturated rings. The maximum absolute atomic E-state index is 12.9. The van der Waals surface area contributed by atoms with E-state index in [2.05, 4.69) is 32.2 Å². The minimum absolute atomic E-state index is 0.0447. The number of fused-ring (bicyclic) bond motifs is 1. The first-order valence-electron chi connectivity index (χ1n) is 10.0. The fourth-order valence-electron chi connectivity index (χ4n) is 4.54. The van der Waals surface area contributed by atoms with E-state index in [1.165, 1.54) is 5.56 Å². The fourth-order valence-corrected chi connectivity index (χ4v) is 4.54. The molecule has 0 unspecified atom stereocenters. The zero-order valence-corrected chi connectivity index (χ0v) is 16.9. The number of carbonyl (C=O) groups is 2. The number of carbonyl (C=O) groups excluding carboxylic acids is 2. The van der Waals surface area contributed by atoms with Crippen molar-refractivity contribution in [3.05, 3.63) is 34.6 Å². The Bertz CT molecular complexity index is 922. The predicted molar refractivity (Wildman–Crippen MR) is 106 cm³/mol. The zero-order valence-electron chi connectivity index (χ0n) is 16.9. The van der Waals surface area contributed by atoms with Crippen LogP contribution in [0.2, 0.25) is 0 Å². The van der Waals surface area contributed by atoms with Gasteiger partial charge in [0.2, 0.25) is 11.8 Å². The van der Waals surface area contributed by atoms with Crippen LogP contribution >= 0.6 is 0 Å². The number of nitrogens with zero attached hydrogens (tertiary/aromatic N) is 1. The topological polar surface area (TPSA) is 71.8 Å². The van der Waals surface area contributed by atoms with Crippen LogP contribution in [0.1, 0.15) is 41.5 Å². The number of ether oxygens (including phenoxy) is 1. The molecule has 0 bridgehead atoms. The van der Waals surface area contributed by atoms with Crippen LogP contribution < -0.4 is 5.32 Å². The Morgan fingerprint density at radius 2 is 1.96 bits per heavy atom. The number of hydrogen-bond acceptors (Lipinski definition) is 4. The third kappa shape index (κ3) is 3.41. The summed E-state index contributed by atoms with van der Waals surface area (Å²) in [6.07, 6.45) is 3.86. The van der Waals surface area contributed by atoms with Gasteiger partial charge in [-0.15, -0.1) is 0 Å². The van der Waals surface area contributed by atoms with E-state index in [-0.39, 0.29) is 11.8 Å². The van der Waals surface area contributed by atoms with Crippen LogP contribution in [0.5, 0.6) is 0 Å². The number of likely N-dealkylation sites (tertiary alicyclic amines) is 1. The van der Waals surface area contributed by atoms with Gasteiger partial charge in [-0.25, -0.2) is 0 Å². The molecule has 150 valence electrons. The lowest BCUT2D eigenvalue weighted by Gasteiger charge is -2.40. The lowest BCUT2D eigenvalue weighted by atomic mass is 9.87. The number of rotatable bonds is 2. The van der Waals surface area contributed by atoms with Crippen molar-refractivity contribution in [1.29, 1.82) is 0 Å². The molecule has 6 heteroatoms. The molecule has 2 aliphatic heterocycles. The lowest BCUT2D eigenvalue weighted by molar-refractivity contribution is -0.139. The first-order chi connectivity index (χ1) is 13.4. The fraction of sp³-hybridized carbons (Fsp3) is 0.545. The van der Waals surface area contributed by atoms with Crippen molar-refractivity contribution in [1.82, 2.24) is 10.2 Å². The number of nitrogens with one attached hydrogen (secondary N) is 1. The highest BCUT2D eigenvalue weighted by Crippen LogP contribution is 2.33. The van der Waals surface area contributed by atoms with Gasteiger partial charge in [-0.05, 0) is 50.3 Å². The molecule has 1 aromatic carbocycles. The molecule has 3 heterocycles. The van der Waals surface area contributed by atoms with Crippen LogP contribution in [0.15, 0.2) is 16.7 Å². The van der Waals surface area contributed by atoms with E-state index >= 15 is 0 Å². The summed E-state index contributed by atoms with van der Waals surface area (Å²) in [5.41, 5.74) is 4.89. The van der Waals surface area contributed by atoms with Gasteiger partial charge in [-0.3, -0.25) is 9.59 Å². The largest absolute Gasteiger partial charge is 0.464 e. The molecule has 28 heavy (non-hydrogen) atoms. The van der Waals surface area contributed by atoms with Crippen molar-refractivity contribution in [3.63, 3.8) is 0 Å². The molecule has 0 saturated carbocycles. The molecule has 2 amide bonds. The van der Waals surface area contributed by atoms with Crippen molar-refractivity contribution in [2.45, 2.75) is 52.1 Å². The minimum Gasteiger partial charge on any atom is -0.464 e. The molecule has 2 aromatic rings. The minimum atomic E-state index is -0.412. The molecule has 0 radical (unpaired) electrons. The highest BCUT2D eigenvalue weighted by Gasteiger charge is 2.39. The summed E-state index contributed by atoms with van der Waals surface area (Å²) in [4.78, 5) is 26.7. The van der Waals surface area contributed by atoms with Crippen molar-refractivity contribution < 1.29 is 18.7 Å². The summed E-state index contributed by atoms with van der Waals surface area (Å²) >= 11 is 0. The van der Waals surface area contributed by atoms with E-state index in [4.69, 9.17) is 9.15 Å². The number of furan rings is 1. The highest BCUT2D eigenvalue weighted by atomic mass is 16.5. The molecule has 1 aromatic heterocycles. The Kier molecular flexibility index (Phi) is 4.91. The van der Waals surface area contributed by atoms with E-state index in [1.807, 2.05) is 4.90 Å². The average molecular weight is 384 g/mol. The Balaban J connectivity index is 1.46. The normalized spacial score (nSPS) is 19.7. The number of aryl methyl sites for hydroxylation is 3. The molecule has 2 aliphatic rings. The summed E-state index contributed by atoms with van der Waals surface area (Å²) in [7, 11) is 0. The SMILES string of the molecule is Cc1cc(C)c2c(CC(=O)N3CCC4(CC3)CC(=O)NCCO4)coc2c1C. The van der Waals surface area contributed by atoms with Crippen molar-refractivity contribution in [2.24, 2.45) is 0 Å². The van der Waals surface area contributed by atoms with Crippen LogP contribution in [0.25, 0.3) is 11.0 Å². The van der Waals surface area contributed by atoms with Crippen molar-refractivity contribution in [3.8, 4) is 0 Å². The molecule has 4 rings (SSSR count). The second-order valence-electron chi connectivity index (χ2n) is 8.22. The van der Waals surface area contributed by atoms with E-state index in [0.717, 1.165) is 27.7 Å². The number of amides is 2. The van der Waals surface area contributed by atoms with Gasteiger partial charge >= 0.3 is 0 Å². The number of hydrogen-bond donors (Lipinski definition) is 1. The quantitative estimate of drug-likeness (QED) is 0.864. The van der Waals surface area contributed by atoms with E-state index in [1.54, 1.807) is 6.26 Å². The van der Waals surface area contributed by atoms with Gasteiger partial charge in [-0.2, -0.15) is 0 Å². The first kappa shape index (κ1) is 19.0. The highest BCUT2D eigenvalue weighted by molar-refractivity contribution is 5.92. The molecule has 0 atom stereocenters. The van der Waals surface area contributed by atoms with E-state index in [0.29, 0.717) is 51.9 Å². The van der Waals surface area contributed by atoms with Crippen LogP contribution in [0.3, 0.4) is 0 Å². The molecule has 0 aliphatic carbocycles. The second-order valence-corrected chi connectivity index (χ2v) is 8.22. The third-order valence-electron chi connectivity index (χ3n) is 6.31. The predicted octanol–water partition coefficient (Wildman–Crippen LogP) is 2.80. The Labute approximate surface area is 165 Å². The van der Waals surface area contributed by atoms with Crippen LogP contribution in [-0.2, 0) is 20.7 Å². The van der Waals surface area contributed by atoms with Crippen LogP contribution in [-0.4, -0.2) is 48.6 Å². The summed E-state index contributed by atoms with van der Waals surface area (Å²) in [6, 6.07) is 2.15. The van der Waals surface area contributed by atoms with Gasteiger partial charge in [-0.1, -0.05) is 6.07 Å². The van der Waals surface area contributed by atoms with Gasteiger partial charge in [0.05, 0.1) is 31.3 Å². The van der Waals surface area contributed by atoms with Gasteiger partial charge in [0.15, 0.2) is 0 Å². The smallest absolute Gasteiger partial charge is 0.227 e. The standard InChI is InChI=1S/C22H28N2O4/c1-14-10-15(2)20-17(13-27-21(20)16(14)3)11-19(26)24-7-4-22(5-8-24)12-18(25)23-6-9-28-22/h10,13H,4-9,11-12H2,1-3H3,(H,23,25).